The lowest BCUT2D eigenvalue weighted by atomic mass is 9.85. The predicted octanol–water partition coefficient (Wildman–Crippen LogP) is 2.14. The molecule has 1 rings (SSSR count). The SMILES string of the molecule is C=C1C=C[C@H]([C@H](C)CO)CC1. The molecule has 0 spiro atoms. The smallest absolute Gasteiger partial charge is 0.0462 e. The Morgan fingerprint density at radius 1 is 1.82 bits per heavy atom. The number of hydrogen-bond acceptors (Lipinski definition) is 1. The van der Waals surface area contributed by atoms with Crippen LogP contribution in [0.25, 0.3) is 0 Å². The van der Waals surface area contributed by atoms with Gasteiger partial charge in [-0.25, -0.2) is 0 Å². The minimum atomic E-state index is 0.293. The van der Waals surface area contributed by atoms with Crippen LogP contribution < -0.4 is 0 Å². The van der Waals surface area contributed by atoms with E-state index in [-0.39, 0.29) is 0 Å². The molecular formula is C10H16O. The van der Waals surface area contributed by atoms with Crippen molar-refractivity contribution in [1.29, 1.82) is 0 Å². The first-order valence-corrected chi connectivity index (χ1v) is 4.21. The number of allylic oxidation sites excluding steroid dienone is 3. The summed E-state index contributed by atoms with van der Waals surface area (Å²) in [6.07, 6.45) is 6.50. The van der Waals surface area contributed by atoms with E-state index < -0.39 is 0 Å². The molecular weight excluding hydrogens is 136 g/mol. The highest BCUT2D eigenvalue weighted by Gasteiger charge is 2.15. The molecule has 1 N–H and O–H groups in total. The Bertz CT molecular complexity index is 170. The molecule has 0 aromatic carbocycles. The highest BCUT2D eigenvalue weighted by molar-refractivity contribution is 5.19. The van der Waals surface area contributed by atoms with E-state index in [9.17, 15) is 0 Å². The Hall–Kier alpha value is -0.560. The maximum Gasteiger partial charge on any atom is 0.0462 e. The highest BCUT2D eigenvalue weighted by Crippen LogP contribution is 2.25. The second-order valence-corrected chi connectivity index (χ2v) is 3.38. The Morgan fingerprint density at radius 2 is 2.55 bits per heavy atom. The average Bonchev–Trinajstić information content (AvgIpc) is 2.05. The van der Waals surface area contributed by atoms with Gasteiger partial charge in [-0.2, -0.15) is 0 Å². The quantitative estimate of drug-likeness (QED) is 0.642. The standard InChI is InChI=1S/C10H16O/c1-8-3-5-10(6-4-8)9(2)7-11/h3,5,9-11H,1,4,6-7H2,2H3/t9-,10+/m1/s1. The molecule has 0 aromatic heterocycles. The van der Waals surface area contributed by atoms with Crippen LogP contribution in [0.1, 0.15) is 19.8 Å². The van der Waals surface area contributed by atoms with Crippen LogP contribution >= 0.6 is 0 Å². The van der Waals surface area contributed by atoms with E-state index >= 15 is 0 Å². The molecule has 0 radical (unpaired) electrons. The van der Waals surface area contributed by atoms with Crippen LogP contribution in [0.3, 0.4) is 0 Å². The van der Waals surface area contributed by atoms with E-state index in [0.29, 0.717) is 18.4 Å². The summed E-state index contributed by atoms with van der Waals surface area (Å²) in [5, 5.41) is 8.90. The molecule has 1 aliphatic rings. The zero-order valence-electron chi connectivity index (χ0n) is 7.09. The largest absolute Gasteiger partial charge is 0.396 e. The molecule has 0 aliphatic heterocycles. The van der Waals surface area contributed by atoms with Crippen molar-refractivity contribution in [3.63, 3.8) is 0 Å². The van der Waals surface area contributed by atoms with Gasteiger partial charge >= 0.3 is 0 Å². The molecule has 0 saturated heterocycles. The lowest BCUT2D eigenvalue weighted by Gasteiger charge is -2.22. The molecule has 62 valence electrons. The first-order chi connectivity index (χ1) is 5.24. The summed E-state index contributed by atoms with van der Waals surface area (Å²) < 4.78 is 0. The van der Waals surface area contributed by atoms with Crippen molar-refractivity contribution in [1.82, 2.24) is 0 Å². The van der Waals surface area contributed by atoms with Crippen molar-refractivity contribution in [2.24, 2.45) is 11.8 Å². The molecule has 0 aromatic rings. The third kappa shape index (κ3) is 2.19. The molecule has 0 heterocycles. The van der Waals surface area contributed by atoms with Crippen LogP contribution in [0, 0.1) is 11.8 Å². The average molecular weight is 152 g/mol. The summed E-state index contributed by atoms with van der Waals surface area (Å²) in [6, 6.07) is 0. The second kappa shape index (κ2) is 3.72. The zero-order chi connectivity index (χ0) is 8.27. The monoisotopic (exact) mass is 152 g/mol. The summed E-state index contributed by atoms with van der Waals surface area (Å²) in [5.41, 5.74) is 1.21. The van der Waals surface area contributed by atoms with Crippen molar-refractivity contribution in [3.05, 3.63) is 24.3 Å². The van der Waals surface area contributed by atoms with E-state index in [1.807, 2.05) is 0 Å². The minimum absolute atomic E-state index is 0.293. The first-order valence-electron chi connectivity index (χ1n) is 4.21. The van der Waals surface area contributed by atoms with Crippen molar-refractivity contribution >= 4 is 0 Å². The molecule has 0 amide bonds. The van der Waals surface area contributed by atoms with Crippen molar-refractivity contribution in [2.45, 2.75) is 19.8 Å². The van der Waals surface area contributed by atoms with Gasteiger partial charge in [-0.1, -0.05) is 31.2 Å². The minimum Gasteiger partial charge on any atom is -0.396 e. The predicted molar refractivity (Wildman–Crippen MR) is 47.3 cm³/mol. The van der Waals surface area contributed by atoms with Crippen molar-refractivity contribution in [3.8, 4) is 0 Å². The van der Waals surface area contributed by atoms with Crippen LogP contribution in [0.2, 0.25) is 0 Å². The number of aliphatic hydroxyl groups is 1. The number of rotatable bonds is 2. The third-order valence-corrected chi connectivity index (χ3v) is 2.40. The van der Waals surface area contributed by atoms with Gasteiger partial charge < -0.3 is 5.11 Å². The molecule has 1 nitrogen and oxygen atoms in total. The van der Waals surface area contributed by atoms with Crippen LogP contribution in [-0.2, 0) is 0 Å². The fourth-order valence-electron chi connectivity index (χ4n) is 1.40. The van der Waals surface area contributed by atoms with Crippen LogP contribution in [0.5, 0.6) is 0 Å². The fraction of sp³-hybridized carbons (Fsp3) is 0.600. The first kappa shape index (κ1) is 8.54. The van der Waals surface area contributed by atoms with Gasteiger partial charge in [0, 0.05) is 6.61 Å². The van der Waals surface area contributed by atoms with Gasteiger partial charge in [-0.3, -0.25) is 0 Å². The van der Waals surface area contributed by atoms with E-state index in [4.69, 9.17) is 5.11 Å². The lowest BCUT2D eigenvalue weighted by molar-refractivity contribution is 0.201. The van der Waals surface area contributed by atoms with Crippen molar-refractivity contribution in [2.75, 3.05) is 6.61 Å². The molecule has 0 saturated carbocycles. The van der Waals surface area contributed by atoms with Gasteiger partial charge in [-0.05, 0) is 24.7 Å². The molecule has 0 fully saturated rings. The molecule has 1 aliphatic carbocycles. The maximum atomic E-state index is 8.90. The number of aliphatic hydroxyl groups excluding tert-OH is 1. The third-order valence-electron chi connectivity index (χ3n) is 2.40. The summed E-state index contributed by atoms with van der Waals surface area (Å²) in [6.45, 7) is 6.26. The van der Waals surface area contributed by atoms with Crippen LogP contribution in [-0.4, -0.2) is 11.7 Å². The Kier molecular flexibility index (Phi) is 2.89. The Labute approximate surface area is 68.4 Å². The molecule has 1 heteroatoms. The molecule has 0 bridgehead atoms. The van der Waals surface area contributed by atoms with Gasteiger partial charge in [0.2, 0.25) is 0 Å². The van der Waals surface area contributed by atoms with E-state index in [2.05, 4.69) is 25.7 Å². The topological polar surface area (TPSA) is 20.2 Å². The Morgan fingerprint density at radius 3 is 3.00 bits per heavy atom. The zero-order valence-corrected chi connectivity index (χ0v) is 7.09. The van der Waals surface area contributed by atoms with Crippen LogP contribution in [0.4, 0.5) is 0 Å². The lowest BCUT2D eigenvalue weighted by Crippen LogP contribution is -2.15. The van der Waals surface area contributed by atoms with Gasteiger partial charge in [0.05, 0.1) is 0 Å². The van der Waals surface area contributed by atoms with Crippen LogP contribution in [0.15, 0.2) is 24.3 Å². The summed E-state index contributed by atoms with van der Waals surface area (Å²) in [7, 11) is 0. The second-order valence-electron chi connectivity index (χ2n) is 3.38. The molecule has 11 heavy (non-hydrogen) atoms. The Balaban J connectivity index is 2.49. The maximum absolute atomic E-state index is 8.90. The van der Waals surface area contributed by atoms with Gasteiger partial charge in [0.25, 0.3) is 0 Å². The summed E-state index contributed by atoms with van der Waals surface area (Å²) >= 11 is 0. The molecule has 2 atom stereocenters. The molecule has 0 unspecified atom stereocenters. The van der Waals surface area contributed by atoms with E-state index in [0.717, 1.165) is 12.8 Å². The van der Waals surface area contributed by atoms with E-state index in [1.165, 1.54) is 5.57 Å². The van der Waals surface area contributed by atoms with Gasteiger partial charge in [0.1, 0.15) is 0 Å². The van der Waals surface area contributed by atoms with Gasteiger partial charge in [0.15, 0.2) is 0 Å². The highest BCUT2D eigenvalue weighted by atomic mass is 16.3. The normalized spacial score (nSPS) is 27.1. The summed E-state index contributed by atoms with van der Waals surface area (Å²) in [5.74, 6) is 0.963. The summed E-state index contributed by atoms with van der Waals surface area (Å²) in [4.78, 5) is 0. The van der Waals surface area contributed by atoms with Crippen molar-refractivity contribution < 1.29 is 5.11 Å². The van der Waals surface area contributed by atoms with Gasteiger partial charge in [-0.15, -0.1) is 0 Å². The fourth-order valence-corrected chi connectivity index (χ4v) is 1.40. The number of hydrogen-bond donors (Lipinski definition) is 1. The van der Waals surface area contributed by atoms with E-state index in [1.54, 1.807) is 0 Å².